The zero-order valence-electron chi connectivity index (χ0n) is 22.6. The fourth-order valence-corrected chi connectivity index (χ4v) is 5.30. The fraction of sp³-hybridized carbons (Fsp3) is 0.759. The molecular formula is C29H49F2N3O2. The molecule has 1 amide bonds. The summed E-state index contributed by atoms with van der Waals surface area (Å²) in [6.45, 7) is 1.34. The molecule has 2 atom stereocenters. The highest BCUT2D eigenvalue weighted by molar-refractivity contribution is 5.73. The highest BCUT2D eigenvalue weighted by Gasteiger charge is 2.30. The minimum atomic E-state index is -0.715. The number of nitrogens with two attached hydrogens (primary N) is 1. The van der Waals surface area contributed by atoms with Crippen LogP contribution in [0.5, 0.6) is 0 Å². The Kier molecular flexibility index (Phi) is 14.5. The molecule has 2 saturated carbocycles. The van der Waals surface area contributed by atoms with Crippen LogP contribution in [0.4, 0.5) is 8.78 Å². The maximum atomic E-state index is 13.6. The molecule has 2 fully saturated rings. The van der Waals surface area contributed by atoms with Crippen LogP contribution in [0.3, 0.4) is 0 Å². The van der Waals surface area contributed by atoms with Gasteiger partial charge in [-0.05, 0) is 64.1 Å². The molecule has 1 aromatic carbocycles. The number of carbonyl (C=O) groups is 1. The molecule has 0 aromatic heterocycles. The largest absolute Gasteiger partial charge is 0.373 e. The van der Waals surface area contributed by atoms with E-state index in [4.69, 9.17) is 10.5 Å². The Labute approximate surface area is 217 Å². The van der Waals surface area contributed by atoms with Crippen LogP contribution in [0.2, 0.25) is 0 Å². The topological polar surface area (TPSA) is 76.4 Å². The van der Waals surface area contributed by atoms with E-state index in [1.165, 1.54) is 95.8 Å². The van der Waals surface area contributed by atoms with Crippen molar-refractivity contribution in [2.45, 2.75) is 134 Å². The SMILES string of the molecule is CC(=O)NC1(N)CCCC(OCc2c(F)cccc2F)CC1.CNC1CCCCCCCCCCC1. The molecule has 5 nitrogen and oxygen atoms in total. The van der Waals surface area contributed by atoms with Gasteiger partial charge in [0.05, 0.1) is 18.4 Å². The Bertz CT molecular complexity index is 732. The van der Waals surface area contributed by atoms with Gasteiger partial charge in [0, 0.05) is 18.5 Å². The summed E-state index contributed by atoms with van der Waals surface area (Å²) in [6, 6.07) is 4.57. The van der Waals surface area contributed by atoms with Crippen LogP contribution in [0.25, 0.3) is 0 Å². The van der Waals surface area contributed by atoms with E-state index >= 15 is 0 Å². The number of rotatable bonds is 5. The number of benzene rings is 1. The first-order valence-corrected chi connectivity index (χ1v) is 14.1. The second kappa shape index (κ2) is 17.0. The van der Waals surface area contributed by atoms with Crippen molar-refractivity contribution >= 4 is 5.91 Å². The van der Waals surface area contributed by atoms with E-state index in [0.29, 0.717) is 19.3 Å². The van der Waals surface area contributed by atoms with Crippen molar-refractivity contribution in [3.8, 4) is 0 Å². The molecule has 0 saturated heterocycles. The van der Waals surface area contributed by atoms with Gasteiger partial charge in [-0.3, -0.25) is 4.79 Å². The van der Waals surface area contributed by atoms with E-state index < -0.39 is 17.3 Å². The van der Waals surface area contributed by atoms with Gasteiger partial charge in [0.25, 0.3) is 0 Å². The van der Waals surface area contributed by atoms with Gasteiger partial charge in [-0.25, -0.2) is 8.78 Å². The van der Waals surface area contributed by atoms with Gasteiger partial charge in [0.2, 0.25) is 5.91 Å². The van der Waals surface area contributed by atoms with E-state index in [2.05, 4.69) is 17.7 Å². The first kappa shape index (κ1) is 30.7. The minimum absolute atomic E-state index is 0.0485. The number of halogens is 2. The molecule has 3 rings (SSSR count). The molecular weight excluding hydrogens is 460 g/mol. The van der Waals surface area contributed by atoms with Crippen molar-refractivity contribution in [2.75, 3.05) is 7.05 Å². The average molecular weight is 510 g/mol. The Balaban J connectivity index is 0.000000281. The van der Waals surface area contributed by atoms with Gasteiger partial charge < -0.3 is 21.1 Å². The molecule has 2 aliphatic rings. The van der Waals surface area contributed by atoms with Gasteiger partial charge >= 0.3 is 0 Å². The molecule has 0 radical (unpaired) electrons. The summed E-state index contributed by atoms with van der Waals surface area (Å²) in [5, 5.41) is 6.23. The highest BCUT2D eigenvalue weighted by atomic mass is 19.1. The number of nitrogens with one attached hydrogen (secondary N) is 2. The lowest BCUT2D eigenvalue weighted by atomic mass is 9.98. The average Bonchev–Trinajstić information content (AvgIpc) is 3.00. The normalized spacial score (nSPS) is 24.9. The first-order chi connectivity index (χ1) is 17.3. The van der Waals surface area contributed by atoms with Crippen LogP contribution >= 0.6 is 0 Å². The third kappa shape index (κ3) is 12.1. The van der Waals surface area contributed by atoms with Gasteiger partial charge in [-0.1, -0.05) is 63.9 Å². The molecule has 2 unspecified atom stereocenters. The number of hydrogen-bond acceptors (Lipinski definition) is 4. The van der Waals surface area contributed by atoms with Crippen molar-refractivity contribution < 1.29 is 18.3 Å². The summed E-state index contributed by atoms with van der Waals surface area (Å²) in [6.07, 6.45) is 19.3. The Morgan fingerprint density at radius 1 is 0.917 bits per heavy atom. The van der Waals surface area contributed by atoms with Gasteiger partial charge in [-0.2, -0.15) is 0 Å². The Morgan fingerprint density at radius 2 is 1.47 bits per heavy atom. The molecule has 0 spiro atoms. The predicted octanol–water partition coefficient (Wildman–Crippen LogP) is 6.48. The van der Waals surface area contributed by atoms with Crippen LogP contribution in [0, 0.1) is 11.6 Å². The number of hydrogen-bond donors (Lipinski definition) is 3. The molecule has 36 heavy (non-hydrogen) atoms. The molecule has 1 aromatic rings. The van der Waals surface area contributed by atoms with E-state index in [1.807, 2.05) is 0 Å². The summed E-state index contributed by atoms with van der Waals surface area (Å²) in [4.78, 5) is 11.2. The number of ether oxygens (including phenoxy) is 1. The summed E-state index contributed by atoms with van der Waals surface area (Å²) < 4.78 is 32.8. The van der Waals surface area contributed by atoms with Gasteiger partial charge in [0.15, 0.2) is 0 Å². The Morgan fingerprint density at radius 3 is 2.00 bits per heavy atom. The minimum Gasteiger partial charge on any atom is -0.373 e. The third-order valence-electron chi connectivity index (χ3n) is 7.52. The van der Waals surface area contributed by atoms with E-state index in [0.717, 1.165) is 18.9 Å². The lowest BCUT2D eigenvalue weighted by Crippen LogP contribution is -2.54. The lowest BCUT2D eigenvalue weighted by Gasteiger charge is -2.28. The zero-order valence-corrected chi connectivity index (χ0v) is 22.6. The van der Waals surface area contributed by atoms with E-state index in [9.17, 15) is 13.6 Å². The number of amides is 1. The highest BCUT2D eigenvalue weighted by Crippen LogP contribution is 2.26. The van der Waals surface area contributed by atoms with Gasteiger partial charge in [0.1, 0.15) is 11.6 Å². The molecule has 206 valence electrons. The number of carbonyl (C=O) groups excluding carboxylic acids is 1. The van der Waals surface area contributed by atoms with E-state index in [-0.39, 0.29) is 24.2 Å². The molecule has 4 N–H and O–H groups in total. The van der Waals surface area contributed by atoms with Crippen molar-refractivity contribution in [1.82, 2.24) is 10.6 Å². The predicted molar refractivity (Wildman–Crippen MR) is 142 cm³/mol. The maximum absolute atomic E-state index is 13.6. The summed E-state index contributed by atoms with van der Waals surface area (Å²) >= 11 is 0. The van der Waals surface area contributed by atoms with Crippen molar-refractivity contribution in [2.24, 2.45) is 5.73 Å². The second-order valence-corrected chi connectivity index (χ2v) is 10.6. The van der Waals surface area contributed by atoms with Crippen LogP contribution in [-0.4, -0.2) is 30.8 Å². The van der Waals surface area contributed by atoms with Crippen LogP contribution in [0.15, 0.2) is 18.2 Å². The van der Waals surface area contributed by atoms with E-state index in [1.54, 1.807) is 0 Å². The Hall–Kier alpha value is -1.57. The lowest BCUT2D eigenvalue weighted by molar-refractivity contribution is -0.121. The smallest absolute Gasteiger partial charge is 0.218 e. The van der Waals surface area contributed by atoms with Crippen molar-refractivity contribution in [1.29, 1.82) is 0 Å². The molecule has 7 heteroatoms. The van der Waals surface area contributed by atoms with Crippen LogP contribution in [0.1, 0.15) is 115 Å². The molecule has 2 aliphatic carbocycles. The first-order valence-electron chi connectivity index (χ1n) is 14.1. The molecule has 0 aliphatic heterocycles. The fourth-order valence-electron chi connectivity index (χ4n) is 5.30. The standard InChI is InChI=1S/C16H22F2N2O2.C13H27N/c1-11(21)20-16(19)8-3-4-12(7-9-16)22-10-13-14(17)5-2-6-15(13)18;1-14-13-11-9-7-5-3-2-4-6-8-10-12-13/h2,5-6,12H,3-4,7-10,19H2,1H3,(H,20,21);13-14H,2-12H2,1H3. The molecule has 0 heterocycles. The van der Waals surface area contributed by atoms with Crippen molar-refractivity contribution in [3.05, 3.63) is 35.4 Å². The zero-order chi connectivity index (χ0) is 26.2. The van der Waals surface area contributed by atoms with Crippen LogP contribution < -0.4 is 16.4 Å². The summed E-state index contributed by atoms with van der Waals surface area (Å²) in [5.41, 5.74) is 5.41. The van der Waals surface area contributed by atoms with Crippen LogP contribution in [-0.2, 0) is 16.1 Å². The van der Waals surface area contributed by atoms with Gasteiger partial charge in [-0.15, -0.1) is 0 Å². The summed E-state index contributed by atoms with van der Waals surface area (Å²) in [5.74, 6) is -1.35. The quantitative estimate of drug-likeness (QED) is 0.313. The monoisotopic (exact) mass is 509 g/mol. The molecule has 0 bridgehead atoms. The second-order valence-electron chi connectivity index (χ2n) is 10.6. The van der Waals surface area contributed by atoms with Crippen molar-refractivity contribution in [3.63, 3.8) is 0 Å². The third-order valence-corrected chi connectivity index (χ3v) is 7.52. The summed E-state index contributed by atoms with van der Waals surface area (Å²) in [7, 11) is 2.12. The maximum Gasteiger partial charge on any atom is 0.218 e.